The fourth-order valence-electron chi connectivity index (χ4n) is 3.01. The molecule has 3 nitrogen and oxygen atoms in total. The quantitative estimate of drug-likeness (QED) is 0.239. The van der Waals surface area contributed by atoms with Crippen molar-refractivity contribution in [1.82, 2.24) is 4.98 Å². The number of carbonyl (C=O) groups is 1. The first-order valence-electron chi connectivity index (χ1n) is 8.88. The predicted octanol–water partition coefficient (Wildman–Crippen LogP) is 6.47. The predicted molar refractivity (Wildman–Crippen MR) is 117 cm³/mol. The van der Waals surface area contributed by atoms with E-state index in [-0.39, 0.29) is 5.78 Å². The van der Waals surface area contributed by atoms with Crippen LogP contribution in [0.25, 0.3) is 17.0 Å². The Morgan fingerprint density at radius 3 is 2.68 bits per heavy atom. The molecule has 136 valence electrons. The molecule has 0 spiro atoms. The van der Waals surface area contributed by atoms with E-state index >= 15 is 0 Å². The van der Waals surface area contributed by atoms with Gasteiger partial charge in [0, 0.05) is 39.5 Å². The lowest BCUT2D eigenvalue weighted by Gasteiger charge is -2.02. The first-order valence-corrected chi connectivity index (χ1v) is 9.26. The molecule has 0 unspecified atom stereocenters. The Hall–Kier alpha value is -3.43. The lowest BCUT2D eigenvalue weighted by molar-refractivity contribution is 0.104. The highest BCUT2D eigenvalue weighted by Gasteiger charge is 2.08. The number of fused-ring (bicyclic) bond motifs is 1. The molecule has 4 heteroatoms. The van der Waals surface area contributed by atoms with Crippen LogP contribution in [0.5, 0.6) is 0 Å². The van der Waals surface area contributed by atoms with E-state index in [0.29, 0.717) is 16.3 Å². The van der Waals surface area contributed by atoms with Crippen molar-refractivity contribution in [2.24, 2.45) is 4.99 Å². The van der Waals surface area contributed by atoms with Crippen LogP contribution in [0.4, 0.5) is 5.69 Å². The summed E-state index contributed by atoms with van der Waals surface area (Å²) in [7, 11) is 0. The van der Waals surface area contributed by atoms with E-state index in [0.717, 1.165) is 22.0 Å². The minimum absolute atomic E-state index is 0.105. The van der Waals surface area contributed by atoms with Crippen LogP contribution in [-0.4, -0.2) is 17.0 Å². The summed E-state index contributed by atoms with van der Waals surface area (Å²) in [5, 5.41) is 1.73. The fraction of sp³-hybridized carbons (Fsp3) is 0. The van der Waals surface area contributed by atoms with Crippen molar-refractivity contribution >= 4 is 46.3 Å². The number of aromatic amines is 1. The van der Waals surface area contributed by atoms with Gasteiger partial charge in [-0.3, -0.25) is 9.79 Å². The number of nitrogens with zero attached hydrogens (tertiary/aromatic N) is 1. The molecule has 0 fully saturated rings. The number of nitrogens with one attached hydrogen (secondary N) is 1. The lowest BCUT2D eigenvalue weighted by Crippen LogP contribution is -1.94. The van der Waals surface area contributed by atoms with Gasteiger partial charge in [0.15, 0.2) is 5.78 Å². The average molecular weight is 385 g/mol. The monoisotopic (exact) mass is 384 g/mol. The zero-order valence-corrected chi connectivity index (χ0v) is 15.7. The summed E-state index contributed by atoms with van der Waals surface area (Å²) in [4.78, 5) is 20.5. The van der Waals surface area contributed by atoms with Gasteiger partial charge in [0.05, 0.1) is 5.69 Å². The SMILES string of the molecule is O=C(/C=C/c1cccc(Cl)c1)c1ccccc1N=Cc1c[nH]c2ccccc12. The third-order valence-corrected chi connectivity index (χ3v) is 4.64. The van der Waals surface area contributed by atoms with E-state index in [1.807, 2.05) is 66.9 Å². The van der Waals surface area contributed by atoms with E-state index in [4.69, 9.17) is 11.6 Å². The van der Waals surface area contributed by atoms with E-state index in [1.165, 1.54) is 0 Å². The van der Waals surface area contributed by atoms with Crippen molar-refractivity contribution in [3.05, 3.63) is 107 Å². The van der Waals surface area contributed by atoms with Crippen molar-refractivity contribution in [2.75, 3.05) is 0 Å². The second kappa shape index (κ2) is 8.07. The van der Waals surface area contributed by atoms with Gasteiger partial charge in [0.25, 0.3) is 0 Å². The lowest BCUT2D eigenvalue weighted by atomic mass is 10.1. The van der Waals surface area contributed by atoms with Crippen molar-refractivity contribution in [2.45, 2.75) is 0 Å². The smallest absolute Gasteiger partial charge is 0.188 e. The van der Waals surface area contributed by atoms with Gasteiger partial charge in [-0.25, -0.2) is 0 Å². The third-order valence-electron chi connectivity index (χ3n) is 4.41. The molecule has 0 aliphatic rings. The number of hydrogen-bond donors (Lipinski definition) is 1. The van der Waals surface area contributed by atoms with Crippen LogP contribution in [-0.2, 0) is 0 Å². The van der Waals surface area contributed by atoms with Crippen LogP contribution in [0, 0.1) is 0 Å². The van der Waals surface area contributed by atoms with E-state index < -0.39 is 0 Å². The highest BCUT2D eigenvalue weighted by atomic mass is 35.5. The number of benzene rings is 3. The highest BCUT2D eigenvalue weighted by Crippen LogP contribution is 2.22. The minimum atomic E-state index is -0.105. The first-order chi connectivity index (χ1) is 13.7. The summed E-state index contributed by atoms with van der Waals surface area (Å²) < 4.78 is 0. The Kier molecular flexibility index (Phi) is 5.18. The number of aliphatic imine (C=N–C) groups is 1. The molecule has 0 bridgehead atoms. The number of allylic oxidation sites excluding steroid dienone is 1. The van der Waals surface area contributed by atoms with Crippen molar-refractivity contribution in [1.29, 1.82) is 0 Å². The topological polar surface area (TPSA) is 45.2 Å². The number of ketones is 1. The molecule has 3 aromatic carbocycles. The van der Waals surface area contributed by atoms with E-state index in [9.17, 15) is 4.79 Å². The number of para-hydroxylation sites is 2. The summed E-state index contributed by atoms with van der Waals surface area (Å²) in [6.07, 6.45) is 7.00. The molecule has 1 aromatic heterocycles. The molecular formula is C24H17ClN2O. The molecule has 1 N–H and O–H groups in total. The molecule has 28 heavy (non-hydrogen) atoms. The van der Waals surface area contributed by atoms with Gasteiger partial charge >= 0.3 is 0 Å². The molecular weight excluding hydrogens is 368 g/mol. The summed E-state index contributed by atoms with van der Waals surface area (Å²) >= 11 is 5.99. The van der Waals surface area contributed by atoms with Gasteiger partial charge in [0.2, 0.25) is 0 Å². The highest BCUT2D eigenvalue weighted by molar-refractivity contribution is 6.30. The Labute approximate surface area is 168 Å². The molecule has 0 aliphatic heterocycles. The summed E-state index contributed by atoms with van der Waals surface area (Å²) in [6, 6.07) is 22.7. The molecule has 0 aliphatic carbocycles. The van der Waals surface area contributed by atoms with Crippen LogP contribution in [0.3, 0.4) is 0 Å². The van der Waals surface area contributed by atoms with Gasteiger partial charge in [-0.05, 0) is 42.0 Å². The van der Waals surface area contributed by atoms with Gasteiger partial charge in [-0.1, -0.05) is 60.1 Å². The molecule has 0 saturated carbocycles. The van der Waals surface area contributed by atoms with Crippen molar-refractivity contribution in [3.63, 3.8) is 0 Å². The number of aromatic nitrogens is 1. The zero-order chi connectivity index (χ0) is 19.3. The Balaban J connectivity index is 1.60. The first kappa shape index (κ1) is 18.0. The van der Waals surface area contributed by atoms with Crippen LogP contribution >= 0.6 is 11.6 Å². The number of halogens is 1. The number of rotatable bonds is 5. The van der Waals surface area contributed by atoms with Gasteiger partial charge in [-0.2, -0.15) is 0 Å². The largest absolute Gasteiger partial charge is 0.361 e. The maximum atomic E-state index is 12.7. The molecule has 1 heterocycles. The summed E-state index contributed by atoms with van der Waals surface area (Å²) in [5.41, 5.74) is 4.09. The minimum Gasteiger partial charge on any atom is -0.361 e. The summed E-state index contributed by atoms with van der Waals surface area (Å²) in [6.45, 7) is 0. The molecule has 0 radical (unpaired) electrons. The number of carbonyl (C=O) groups excluding carboxylic acids is 1. The van der Waals surface area contributed by atoms with Crippen LogP contribution in [0.15, 0.2) is 90.1 Å². The van der Waals surface area contributed by atoms with Crippen LogP contribution in [0.2, 0.25) is 5.02 Å². The summed E-state index contributed by atoms with van der Waals surface area (Å²) in [5.74, 6) is -0.105. The molecule has 0 atom stereocenters. The fourth-order valence-corrected chi connectivity index (χ4v) is 3.21. The van der Waals surface area contributed by atoms with E-state index in [2.05, 4.69) is 9.98 Å². The van der Waals surface area contributed by atoms with Gasteiger partial charge < -0.3 is 4.98 Å². The second-order valence-corrected chi connectivity index (χ2v) is 6.75. The van der Waals surface area contributed by atoms with Crippen molar-refractivity contribution < 1.29 is 4.79 Å². The maximum absolute atomic E-state index is 12.7. The number of hydrogen-bond acceptors (Lipinski definition) is 2. The Morgan fingerprint density at radius 2 is 1.79 bits per heavy atom. The third kappa shape index (κ3) is 3.95. The average Bonchev–Trinajstić information content (AvgIpc) is 3.14. The van der Waals surface area contributed by atoms with Gasteiger partial charge in [-0.15, -0.1) is 0 Å². The molecule has 0 saturated heterocycles. The Bertz CT molecular complexity index is 1200. The van der Waals surface area contributed by atoms with Crippen molar-refractivity contribution in [3.8, 4) is 0 Å². The van der Waals surface area contributed by atoms with Crippen LogP contribution < -0.4 is 0 Å². The normalized spacial score (nSPS) is 11.6. The van der Waals surface area contributed by atoms with E-state index in [1.54, 1.807) is 30.5 Å². The standard InChI is InChI=1S/C24H17ClN2O/c25-19-7-5-6-17(14-19)12-13-24(28)21-9-2-4-11-23(21)27-16-18-15-26-22-10-3-1-8-20(18)22/h1-16,26H/b13-12+,27-16?. The molecule has 4 aromatic rings. The van der Waals surface area contributed by atoms with Crippen LogP contribution in [0.1, 0.15) is 21.5 Å². The zero-order valence-electron chi connectivity index (χ0n) is 15.0. The maximum Gasteiger partial charge on any atom is 0.188 e. The number of H-pyrrole nitrogens is 1. The van der Waals surface area contributed by atoms with Gasteiger partial charge in [0.1, 0.15) is 0 Å². The molecule has 4 rings (SSSR count). The molecule has 0 amide bonds. The second-order valence-electron chi connectivity index (χ2n) is 6.32. The Morgan fingerprint density at radius 1 is 0.964 bits per heavy atom.